The Kier molecular flexibility index (Phi) is 18.5. The van der Waals surface area contributed by atoms with E-state index in [1.807, 2.05) is 34.6 Å². The van der Waals surface area contributed by atoms with Crippen LogP contribution in [0, 0.1) is 0 Å². The summed E-state index contributed by atoms with van der Waals surface area (Å²) in [6.07, 6.45) is 31.6. The molecule has 0 unspecified atom stereocenters. The van der Waals surface area contributed by atoms with Crippen LogP contribution in [-0.2, 0) is 14.3 Å². The maximum Gasteiger partial charge on any atom is 0.338 e. The van der Waals surface area contributed by atoms with Gasteiger partial charge in [0.05, 0.1) is 0 Å². The Balaban J connectivity index is 3.93. The van der Waals surface area contributed by atoms with Gasteiger partial charge < -0.3 is 9.47 Å². The predicted octanol–water partition coefficient (Wildman–Crippen LogP) is 8.83. The van der Waals surface area contributed by atoms with Gasteiger partial charge in [-0.05, 0) is 85.0 Å². The van der Waals surface area contributed by atoms with Gasteiger partial charge in [0, 0.05) is 6.61 Å². The highest BCUT2D eigenvalue weighted by molar-refractivity contribution is 5.79. The highest BCUT2D eigenvalue weighted by Crippen LogP contribution is 2.25. The highest BCUT2D eigenvalue weighted by atomic mass is 16.6. The van der Waals surface area contributed by atoms with E-state index < -0.39 is 11.2 Å². The molecule has 0 N–H and O–H groups in total. The first-order chi connectivity index (χ1) is 15.8. The fraction of sp³-hybridized carbons (Fsp3) is 0.633. The third-order valence-electron chi connectivity index (χ3n) is 5.21. The fourth-order valence-corrected chi connectivity index (χ4v) is 3.17. The van der Waals surface area contributed by atoms with Crippen molar-refractivity contribution in [2.45, 2.75) is 117 Å². The van der Waals surface area contributed by atoms with Gasteiger partial charge in [-0.1, -0.05) is 81.5 Å². The summed E-state index contributed by atoms with van der Waals surface area (Å²) in [6.45, 7) is 12.4. The maximum absolute atomic E-state index is 12.6. The second kappa shape index (κ2) is 19.6. The first kappa shape index (κ1) is 31.1. The van der Waals surface area contributed by atoms with Crippen LogP contribution in [-0.4, -0.2) is 23.8 Å². The van der Waals surface area contributed by atoms with Gasteiger partial charge in [-0.25, -0.2) is 4.79 Å². The minimum absolute atomic E-state index is 0.238. The summed E-state index contributed by atoms with van der Waals surface area (Å²) in [5.41, 5.74) is -1.31. The molecule has 0 aliphatic heterocycles. The van der Waals surface area contributed by atoms with Gasteiger partial charge >= 0.3 is 5.97 Å². The number of ether oxygens (including phenoxy) is 2. The van der Waals surface area contributed by atoms with Crippen molar-refractivity contribution in [1.82, 2.24) is 0 Å². The van der Waals surface area contributed by atoms with Crippen molar-refractivity contribution in [3.05, 3.63) is 60.8 Å². The summed E-state index contributed by atoms with van der Waals surface area (Å²) in [7, 11) is 0. The molecule has 0 aliphatic carbocycles. The molecule has 0 heterocycles. The lowest BCUT2D eigenvalue weighted by atomic mass is 9.96. The van der Waals surface area contributed by atoms with Gasteiger partial charge in [0.2, 0.25) is 0 Å². The Labute approximate surface area is 204 Å². The molecule has 0 saturated carbocycles. The molecule has 0 aromatic rings. The monoisotopic (exact) mass is 458 g/mol. The van der Waals surface area contributed by atoms with Crippen molar-refractivity contribution in [3.63, 3.8) is 0 Å². The molecule has 0 bridgehead atoms. The third kappa shape index (κ3) is 17.3. The van der Waals surface area contributed by atoms with E-state index in [4.69, 9.17) is 9.47 Å². The lowest BCUT2D eigenvalue weighted by molar-refractivity contribution is -0.185. The van der Waals surface area contributed by atoms with Crippen molar-refractivity contribution in [3.8, 4) is 0 Å². The molecule has 0 rings (SSSR count). The molecule has 0 amide bonds. The van der Waals surface area contributed by atoms with Crippen LogP contribution < -0.4 is 0 Å². The Morgan fingerprint density at radius 1 is 0.667 bits per heavy atom. The molecule has 3 nitrogen and oxygen atoms in total. The predicted molar refractivity (Wildman–Crippen MR) is 143 cm³/mol. The number of rotatable bonds is 18. The molecule has 0 saturated heterocycles. The van der Waals surface area contributed by atoms with Crippen molar-refractivity contribution in [2.24, 2.45) is 0 Å². The van der Waals surface area contributed by atoms with Crippen molar-refractivity contribution in [2.75, 3.05) is 6.61 Å². The molecule has 0 aromatic carbocycles. The Bertz CT molecular complexity index is 625. The average molecular weight is 459 g/mol. The average Bonchev–Trinajstić information content (AvgIpc) is 2.77. The van der Waals surface area contributed by atoms with Gasteiger partial charge in [0.1, 0.15) is 5.60 Å². The van der Waals surface area contributed by atoms with Gasteiger partial charge in [-0.15, -0.1) is 0 Å². The standard InChI is InChI=1S/C30H50O3/c1-7-10-11-12-13-14-15-16-17-18-19-20-21-22-23-24-25-26-27-32-30(8-2,9-3)28(31)33-29(4,5)6/h10-11,13-14,16-17,19-20,22-23H,7-9,12,15,18,21,24-27H2,1-6H3. The zero-order chi connectivity index (χ0) is 24.8. The van der Waals surface area contributed by atoms with Crippen LogP contribution in [0.25, 0.3) is 0 Å². The molecule has 188 valence electrons. The summed E-state index contributed by atoms with van der Waals surface area (Å²) in [5, 5.41) is 0. The number of carbonyl (C=O) groups is 1. The number of esters is 1. The molecule has 0 atom stereocenters. The van der Waals surface area contributed by atoms with Crippen LogP contribution in [0.3, 0.4) is 0 Å². The SMILES string of the molecule is CCC=CCC=CCC=CCC=CCC=CCCCCOC(CC)(CC)C(=O)OC(C)(C)C. The second-order valence-corrected chi connectivity index (χ2v) is 9.26. The number of unbranched alkanes of at least 4 members (excludes halogenated alkanes) is 2. The van der Waals surface area contributed by atoms with Gasteiger partial charge in [-0.3, -0.25) is 0 Å². The van der Waals surface area contributed by atoms with Crippen LogP contribution in [0.1, 0.15) is 106 Å². The largest absolute Gasteiger partial charge is 0.458 e. The summed E-state index contributed by atoms with van der Waals surface area (Å²) in [4.78, 5) is 12.6. The van der Waals surface area contributed by atoms with Crippen molar-refractivity contribution < 1.29 is 14.3 Å². The van der Waals surface area contributed by atoms with Gasteiger partial charge in [-0.2, -0.15) is 0 Å². The fourth-order valence-electron chi connectivity index (χ4n) is 3.17. The van der Waals surface area contributed by atoms with Crippen LogP contribution in [0.4, 0.5) is 0 Å². The minimum Gasteiger partial charge on any atom is -0.458 e. The number of hydrogen-bond acceptors (Lipinski definition) is 3. The Morgan fingerprint density at radius 3 is 1.55 bits per heavy atom. The summed E-state index contributed by atoms with van der Waals surface area (Å²) >= 11 is 0. The van der Waals surface area contributed by atoms with Crippen LogP contribution in [0.15, 0.2) is 60.8 Å². The van der Waals surface area contributed by atoms with Gasteiger partial charge in [0.25, 0.3) is 0 Å². The zero-order valence-corrected chi connectivity index (χ0v) is 22.3. The third-order valence-corrected chi connectivity index (χ3v) is 5.21. The second-order valence-electron chi connectivity index (χ2n) is 9.26. The molecular weight excluding hydrogens is 408 g/mol. The number of carbonyl (C=O) groups excluding carboxylic acids is 1. The smallest absolute Gasteiger partial charge is 0.338 e. The molecule has 0 fully saturated rings. The van der Waals surface area contributed by atoms with E-state index in [0.717, 1.165) is 51.4 Å². The van der Waals surface area contributed by atoms with Crippen LogP contribution in [0.5, 0.6) is 0 Å². The zero-order valence-electron chi connectivity index (χ0n) is 22.3. The molecule has 0 aromatic heterocycles. The van der Waals surface area contributed by atoms with E-state index in [2.05, 4.69) is 67.7 Å². The van der Waals surface area contributed by atoms with Crippen molar-refractivity contribution >= 4 is 5.97 Å². The minimum atomic E-state index is -0.815. The number of hydrogen-bond donors (Lipinski definition) is 0. The molecule has 33 heavy (non-hydrogen) atoms. The topological polar surface area (TPSA) is 35.5 Å². The molecule has 0 aliphatic rings. The number of allylic oxidation sites excluding steroid dienone is 10. The van der Waals surface area contributed by atoms with E-state index in [1.165, 1.54) is 0 Å². The lowest BCUT2D eigenvalue weighted by Gasteiger charge is -2.33. The molecule has 0 spiro atoms. The lowest BCUT2D eigenvalue weighted by Crippen LogP contribution is -2.45. The Hall–Kier alpha value is -1.87. The van der Waals surface area contributed by atoms with Crippen molar-refractivity contribution in [1.29, 1.82) is 0 Å². The Morgan fingerprint density at radius 2 is 1.12 bits per heavy atom. The summed E-state index contributed by atoms with van der Waals surface area (Å²) in [6, 6.07) is 0. The molecule has 0 radical (unpaired) electrons. The first-order valence-electron chi connectivity index (χ1n) is 12.9. The molecule has 3 heteroatoms. The van der Waals surface area contributed by atoms with E-state index in [1.54, 1.807) is 0 Å². The van der Waals surface area contributed by atoms with E-state index >= 15 is 0 Å². The van der Waals surface area contributed by atoms with E-state index in [9.17, 15) is 4.79 Å². The highest BCUT2D eigenvalue weighted by Gasteiger charge is 2.39. The van der Waals surface area contributed by atoms with Gasteiger partial charge in [0.15, 0.2) is 5.60 Å². The van der Waals surface area contributed by atoms with E-state index in [-0.39, 0.29) is 5.97 Å². The first-order valence-corrected chi connectivity index (χ1v) is 12.9. The van der Waals surface area contributed by atoms with Crippen LogP contribution in [0.2, 0.25) is 0 Å². The van der Waals surface area contributed by atoms with E-state index in [0.29, 0.717) is 19.4 Å². The summed E-state index contributed by atoms with van der Waals surface area (Å²) < 4.78 is 11.6. The quantitative estimate of drug-likeness (QED) is 0.117. The normalized spacial score (nSPS) is 13.5. The summed E-state index contributed by atoms with van der Waals surface area (Å²) in [5.74, 6) is -0.238. The molecular formula is C30H50O3. The maximum atomic E-state index is 12.6. The van der Waals surface area contributed by atoms with Crippen LogP contribution >= 0.6 is 0 Å².